The van der Waals surface area contributed by atoms with E-state index in [1.54, 1.807) is 14.0 Å². The molecule has 0 aliphatic carbocycles. The number of hydrogen-bond acceptors (Lipinski definition) is 5. The fourth-order valence-corrected chi connectivity index (χ4v) is 2.58. The van der Waals surface area contributed by atoms with Gasteiger partial charge in [-0.05, 0) is 12.5 Å². The molecule has 0 saturated heterocycles. The number of furan rings is 1. The lowest BCUT2D eigenvalue weighted by molar-refractivity contribution is -0.136. The highest BCUT2D eigenvalue weighted by Gasteiger charge is 2.24. The van der Waals surface area contributed by atoms with Crippen molar-refractivity contribution in [3.05, 3.63) is 59.0 Å². The molecule has 1 aromatic carbocycles. The van der Waals surface area contributed by atoms with Gasteiger partial charge in [0, 0.05) is 19.2 Å². The summed E-state index contributed by atoms with van der Waals surface area (Å²) in [7, 11) is 1.54. The normalized spacial score (nSPS) is 12.0. The molecule has 0 spiro atoms. The van der Waals surface area contributed by atoms with Gasteiger partial charge in [0.1, 0.15) is 12.2 Å². The maximum absolute atomic E-state index is 12.6. The van der Waals surface area contributed by atoms with Crippen molar-refractivity contribution in [2.24, 2.45) is 0 Å². The summed E-state index contributed by atoms with van der Waals surface area (Å²) in [6.45, 7) is 2.19. The summed E-state index contributed by atoms with van der Waals surface area (Å²) in [5.74, 6) is -1.36. The van der Waals surface area contributed by atoms with Crippen LogP contribution in [0.1, 0.15) is 27.2 Å². The van der Waals surface area contributed by atoms with Crippen molar-refractivity contribution >= 4 is 11.9 Å². The van der Waals surface area contributed by atoms with E-state index in [1.807, 2.05) is 30.3 Å². The first-order valence-corrected chi connectivity index (χ1v) is 8.22. The molecule has 0 radical (unpaired) electrons. The Labute approximate surface area is 151 Å². The predicted octanol–water partition coefficient (Wildman–Crippen LogP) is 1.86. The smallest absolute Gasteiger partial charge is 0.311 e. The monoisotopic (exact) mass is 361 g/mol. The van der Waals surface area contributed by atoms with E-state index in [4.69, 9.17) is 14.3 Å². The molecule has 2 N–H and O–H groups in total. The molecular formula is C19H23NO6. The lowest BCUT2D eigenvalue weighted by Crippen LogP contribution is -2.37. The van der Waals surface area contributed by atoms with Crippen LogP contribution in [0.2, 0.25) is 0 Å². The van der Waals surface area contributed by atoms with Crippen molar-refractivity contribution < 1.29 is 29.0 Å². The summed E-state index contributed by atoms with van der Waals surface area (Å²) in [6, 6.07) is 9.57. The number of likely N-dealkylation sites (N-methyl/N-ethyl adjacent to an activating group) is 1. The molecule has 1 heterocycles. The van der Waals surface area contributed by atoms with Crippen LogP contribution in [-0.4, -0.2) is 53.3 Å². The highest BCUT2D eigenvalue weighted by molar-refractivity contribution is 5.97. The Morgan fingerprint density at radius 1 is 1.27 bits per heavy atom. The van der Waals surface area contributed by atoms with Crippen LogP contribution in [0.5, 0.6) is 0 Å². The molecule has 1 amide bonds. The second-order valence-electron chi connectivity index (χ2n) is 6.13. The van der Waals surface area contributed by atoms with Gasteiger partial charge in [-0.15, -0.1) is 0 Å². The zero-order valence-electron chi connectivity index (χ0n) is 14.8. The molecule has 2 aromatic rings. The molecule has 1 atom stereocenters. The van der Waals surface area contributed by atoms with Crippen LogP contribution in [0, 0.1) is 6.92 Å². The van der Waals surface area contributed by atoms with Gasteiger partial charge in [-0.25, -0.2) is 0 Å². The number of carboxylic acid groups (broad SMARTS) is 1. The third kappa shape index (κ3) is 5.44. The van der Waals surface area contributed by atoms with Crippen molar-refractivity contribution in [2.75, 3.05) is 20.2 Å². The number of hydrogen-bond donors (Lipinski definition) is 2. The largest absolute Gasteiger partial charge is 0.481 e. The lowest BCUT2D eigenvalue weighted by Gasteiger charge is -2.21. The van der Waals surface area contributed by atoms with E-state index in [-0.39, 0.29) is 30.9 Å². The number of carboxylic acids is 1. The molecule has 7 heteroatoms. The highest BCUT2D eigenvalue weighted by Crippen LogP contribution is 2.19. The Morgan fingerprint density at radius 3 is 2.62 bits per heavy atom. The molecule has 0 aliphatic heterocycles. The van der Waals surface area contributed by atoms with E-state index >= 15 is 0 Å². The summed E-state index contributed by atoms with van der Waals surface area (Å²) in [4.78, 5) is 24.8. The van der Waals surface area contributed by atoms with Crippen molar-refractivity contribution in [1.29, 1.82) is 0 Å². The molecule has 0 fully saturated rings. The molecule has 26 heavy (non-hydrogen) atoms. The van der Waals surface area contributed by atoms with Gasteiger partial charge in [0.25, 0.3) is 5.91 Å². The Hall–Kier alpha value is -2.64. The minimum absolute atomic E-state index is 0.0603. The number of aryl methyl sites for hydroxylation is 1. The van der Waals surface area contributed by atoms with Gasteiger partial charge in [-0.1, -0.05) is 30.3 Å². The number of rotatable bonds is 9. The number of amides is 1. The van der Waals surface area contributed by atoms with E-state index in [2.05, 4.69) is 0 Å². The quantitative estimate of drug-likeness (QED) is 0.707. The first kappa shape index (κ1) is 19.7. The first-order chi connectivity index (χ1) is 12.4. The van der Waals surface area contributed by atoms with E-state index in [0.717, 1.165) is 5.56 Å². The van der Waals surface area contributed by atoms with Crippen molar-refractivity contribution in [3.63, 3.8) is 0 Å². The summed E-state index contributed by atoms with van der Waals surface area (Å²) in [6.07, 6.45) is 0.132. The first-order valence-electron chi connectivity index (χ1n) is 8.22. The average molecular weight is 361 g/mol. The molecule has 0 bridgehead atoms. The number of benzene rings is 1. The van der Waals surface area contributed by atoms with Crippen molar-refractivity contribution in [1.82, 2.24) is 4.90 Å². The van der Waals surface area contributed by atoms with Crippen molar-refractivity contribution in [3.8, 4) is 0 Å². The second-order valence-corrected chi connectivity index (χ2v) is 6.13. The molecule has 1 aromatic heterocycles. The van der Waals surface area contributed by atoms with Gasteiger partial charge in [0.05, 0.1) is 31.1 Å². The van der Waals surface area contributed by atoms with Gasteiger partial charge in [0.2, 0.25) is 0 Å². The summed E-state index contributed by atoms with van der Waals surface area (Å²) in [5, 5.41) is 19.0. The van der Waals surface area contributed by atoms with E-state index in [9.17, 15) is 14.7 Å². The van der Waals surface area contributed by atoms with E-state index in [0.29, 0.717) is 12.2 Å². The van der Waals surface area contributed by atoms with Crippen LogP contribution in [0.4, 0.5) is 0 Å². The van der Waals surface area contributed by atoms with Gasteiger partial charge in [-0.3, -0.25) is 9.59 Å². The zero-order chi connectivity index (χ0) is 19.1. The van der Waals surface area contributed by atoms with Gasteiger partial charge < -0.3 is 24.3 Å². The zero-order valence-corrected chi connectivity index (χ0v) is 14.8. The number of carbonyl (C=O) groups is 2. The molecular weight excluding hydrogens is 338 g/mol. The fraction of sp³-hybridized carbons (Fsp3) is 0.368. The van der Waals surface area contributed by atoms with Crippen molar-refractivity contribution in [2.45, 2.75) is 26.1 Å². The van der Waals surface area contributed by atoms with E-state index in [1.165, 1.54) is 11.2 Å². The minimum atomic E-state index is -1.08. The third-order valence-electron chi connectivity index (χ3n) is 3.83. The Kier molecular flexibility index (Phi) is 6.94. The SMILES string of the molecule is Cc1coc(CC(=O)O)c1C(=O)N(C)CC(O)COCc1ccccc1. The molecule has 140 valence electrons. The second kappa shape index (κ2) is 9.17. The molecule has 1 unspecified atom stereocenters. The van der Waals surface area contributed by atoms with Crippen LogP contribution in [0.25, 0.3) is 0 Å². The number of ether oxygens (including phenoxy) is 1. The van der Waals surface area contributed by atoms with Gasteiger partial charge >= 0.3 is 5.97 Å². The lowest BCUT2D eigenvalue weighted by atomic mass is 10.1. The summed E-state index contributed by atoms with van der Waals surface area (Å²) >= 11 is 0. The number of nitrogens with zero attached hydrogens (tertiary/aromatic N) is 1. The maximum Gasteiger partial charge on any atom is 0.311 e. The third-order valence-corrected chi connectivity index (χ3v) is 3.83. The standard InChI is InChI=1S/C19H23NO6/c1-13-10-26-16(8-17(22)23)18(13)19(24)20(2)9-15(21)12-25-11-14-6-4-3-5-7-14/h3-7,10,15,21H,8-9,11-12H2,1-2H3,(H,22,23). The molecule has 0 aliphatic rings. The Morgan fingerprint density at radius 2 is 1.96 bits per heavy atom. The van der Waals surface area contributed by atoms with Crippen LogP contribution in [0.3, 0.4) is 0 Å². The number of carbonyl (C=O) groups excluding carboxylic acids is 1. The highest BCUT2D eigenvalue weighted by atomic mass is 16.5. The van der Waals surface area contributed by atoms with Crippen LogP contribution >= 0.6 is 0 Å². The molecule has 0 saturated carbocycles. The van der Waals surface area contributed by atoms with Crippen LogP contribution in [-0.2, 0) is 22.6 Å². The average Bonchev–Trinajstić information content (AvgIpc) is 2.94. The molecule has 7 nitrogen and oxygen atoms in total. The minimum Gasteiger partial charge on any atom is -0.481 e. The van der Waals surface area contributed by atoms with Crippen LogP contribution < -0.4 is 0 Å². The van der Waals surface area contributed by atoms with E-state index < -0.39 is 18.0 Å². The van der Waals surface area contributed by atoms with Gasteiger partial charge in [-0.2, -0.15) is 0 Å². The fourth-order valence-electron chi connectivity index (χ4n) is 2.58. The molecule has 2 rings (SSSR count). The predicted molar refractivity (Wildman–Crippen MR) is 93.9 cm³/mol. The Balaban J connectivity index is 1.88. The Bertz CT molecular complexity index is 740. The topological polar surface area (TPSA) is 100 Å². The summed E-state index contributed by atoms with van der Waals surface area (Å²) < 4.78 is 10.6. The summed E-state index contributed by atoms with van der Waals surface area (Å²) in [5.41, 5.74) is 1.79. The number of aliphatic carboxylic acids is 1. The maximum atomic E-state index is 12.6. The van der Waals surface area contributed by atoms with Crippen LogP contribution in [0.15, 0.2) is 41.0 Å². The van der Waals surface area contributed by atoms with Gasteiger partial charge in [0.15, 0.2) is 0 Å². The number of aliphatic hydroxyl groups is 1. The number of aliphatic hydroxyl groups excluding tert-OH is 1.